The Labute approximate surface area is 162 Å². The first-order chi connectivity index (χ1) is 13.6. The molecule has 0 radical (unpaired) electrons. The van der Waals surface area contributed by atoms with Crippen LogP contribution < -0.4 is 4.74 Å². The van der Waals surface area contributed by atoms with Crippen molar-refractivity contribution in [3.05, 3.63) is 65.4 Å². The number of likely N-dealkylation sites (tertiary alicyclic amines) is 1. The Bertz CT molecular complexity index is 1010. The summed E-state index contributed by atoms with van der Waals surface area (Å²) in [6, 6.07) is 12.1. The second kappa shape index (κ2) is 7.38. The van der Waals surface area contributed by atoms with E-state index in [4.69, 9.17) is 9.84 Å². The Morgan fingerprint density at radius 2 is 1.75 bits per heavy atom. The van der Waals surface area contributed by atoms with E-state index in [9.17, 15) is 9.59 Å². The van der Waals surface area contributed by atoms with Gasteiger partial charge in [0.2, 0.25) is 0 Å². The Morgan fingerprint density at radius 3 is 2.39 bits per heavy atom. The van der Waals surface area contributed by atoms with Gasteiger partial charge in [-0.15, -0.1) is 0 Å². The number of hydrogen-bond donors (Lipinski definition) is 2. The van der Waals surface area contributed by atoms with Crippen LogP contribution in [-0.4, -0.2) is 47.1 Å². The van der Waals surface area contributed by atoms with Gasteiger partial charge in [0.05, 0.1) is 12.7 Å². The molecule has 1 amide bonds. The largest absolute Gasteiger partial charge is 0.497 e. The topological polar surface area (TPSA) is 82.6 Å². The summed E-state index contributed by atoms with van der Waals surface area (Å²) >= 11 is 0. The number of carbonyl (C=O) groups excluding carboxylic acids is 1. The molecule has 1 aliphatic heterocycles. The number of piperidine rings is 1. The standard InChI is InChI=1S/C22H22N2O4/c1-28-17-6-7-20-18(12-17)19(13-23-20)14-8-10-24(11-9-14)21(25)15-2-4-16(5-3-15)22(26)27/h2-7,12-14,23H,8-11H2,1H3,(H,26,27). The van der Waals surface area contributed by atoms with E-state index in [-0.39, 0.29) is 11.5 Å². The lowest BCUT2D eigenvalue weighted by atomic mass is 9.89. The number of rotatable bonds is 4. The molecule has 2 N–H and O–H groups in total. The van der Waals surface area contributed by atoms with Crippen LogP contribution >= 0.6 is 0 Å². The third-order valence-corrected chi connectivity index (χ3v) is 5.52. The van der Waals surface area contributed by atoms with E-state index in [0.717, 1.165) is 24.1 Å². The number of methoxy groups -OCH3 is 1. The number of hydrogen-bond acceptors (Lipinski definition) is 3. The molecule has 0 bridgehead atoms. The van der Waals surface area contributed by atoms with Crippen LogP contribution in [-0.2, 0) is 0 Å². The highest BCUT2D eigenvalue weighted by Gasteiger charge is 2.26. The summed E-state index contributed by atoms with van der Waals surface area (Å²) in [5.41, 5.74) is 3.07. The Balaban J connectivity index is 1.46. The average molecular weight is 378 g/mol. The molecule has 28 heavy (non-hydrogen) atoms. The third-order valence-electron chi connectivity index (χ3n) is 5.52. The molecule has 144 valence electrons. The first-order valence-electron chi connectivity index (χ1n) is 9.34. The van der Waals surface area contributed by atoms with Crippen LogP contribution in [0, 0.1) is 0 Å². The monoisotopic (exact) mass is 378 g/mol. The summed E-state index contributed by atoms with van der Waals surface area (Å²) in [5, 5.41) is 10.2. The highest BCUT2D eigenvalue weighted by Crippen LogP contribution is 2.35. The summed E-state index contributed by atoms with van der Waals surface area (Å²) < 4.78 is 5.35. The minimum atomic E-state index is -0.991. The zero-order valence-corrected chi connectivity index (χ0v) is 15.6. The first-order valence-corrected chi connectivity index (χ1v) is 9.34. The molecular formula is C22H22N2O4. The van der Waals surface area contributed by atoms with Crippen molar-refractivity contribution in [3.8, 4) is 5.75 Å². The lowest BCUT2D eigenvalue weighted by Crippen LogP contribution is -2.37. The normalized spacial score (nSPS) is 15.0. The number of carboxylic acid groups (broad SMARTS) is 1. The summed E-state index contributed by atoms with van der Waals surface area (Å²) in [4.78, 5) is 28.9. The van der Waals surface area contributed by atoms with Crippen LogP contribution in [0.25, 0.3) is 10.9 Å². The fourth-order valence-electron chi connectivity index (χ4n) is 3.92. The second-order valence-corrected chi connectivity index (χ2v) is 7.10. The fraction of sp³-hybridized carbons (Fsp3) is 0.273. The average Bonchev–Trinajstić information content (AvgIpc) is 3.16. The number of aromatic carboxylic acids is 1. The van der Waals surface area contributed by atoms with Gasteiger partial charge in [0.25, 0.3) is 5.91 Å². The summed E-state index contributed by atoms with van der Waals surface area (Å²) in [6.45, 7) is 1.36. The van der Waals surface area contributed by atoms with Crippen molar-refractivity contribution in [2.75, 3.05) is 20.2 Å². The maximum absolute atomic E-state index is 12.7. The summed E-state index contributed by atoms with van der Waals surface area (Å²) in [5.74, 6) is 0.191. The van der Waals surface area contributed by atoms with Crippen molar-refractivity contribution in [1.29, 1.82) is 0 Å². The van der Waals surface area contributed by atoms with Crippen molar-refractivity contribution >= 4 is 22.8 Å². The maximum Gasteiger partial charge on any atom is 0.335 e. The van der Waals surface area contributed by atoms with Crippen molar-refractivity contribution in [3.63, 3.8) is 0 Å². The van der Waals surface area contributed by atoms with Crippen LogP contribution in [0.15, 0.2) is 48.7 Å². The van der Waals surface area contributed by atoms with Crippen LogP contribution in [0.3, 0.4) is 0 Å². The highest BCUT2D eigenvalue weighted by molar-refractivity contribution is 5.96. The molecule has 0 atom stereocenters. The fourth-order valence-corrected chi connectivity index (χ4v) is 3.92. The van der Waals surface area contributed by atoms with Gasteiger partial charge >= 0.3 is 5.97 Å². The molecule has 1 fully saturated rings. The predicted molar refractivity (Wildman–Crippen MR) is 106 cm³/mol. The number of aromatic nitrogens is 1. The molecule has 0 spiro atoms. The van der Waals surface area contributed by atoms with Gasteiger partial charge in [0, 0.05) is 35.8 Å². The number of ether oxygens (including phenoxy) is 1. The molecule has 0 aliphatic carbocycles. The predicted octanol–water partition coefficient (Wildman–Crippen LogP) is 3.89. The molecule has 1 saturated heterocycles. The van der Waals surface area contributed by atoms with Crippen molar-refractivity contribution in [2.24, 2.45) is 0 Å². The summed E-state index contributed by atoms with van der Waals surface area (Å²) in [6.07, 6.45) is 3.85. The number of aromatic amines is 1. The van der Waals surface area contributed by atoms with E-state index in [1.165, 1.54) is 23.1 Å². The van der Waals surface area contributed by atoms with Gasteiger partial charge in [0.15, 0.2) is 0 Å². The molecule has 0 saturated carbocycles. The van der Waals surface area contributed by atoms with Crippen molar-refractivity contribution in [2.45, 2.75) is 18.8 Å². The van der Waals surface area contributed by atoms with Crippen molar-refractivity contribution < 1.29 is 19.4 Å². The van der Waals surface area contributed by atoms with E-state index in [1.807, 2.05) is 17.0 Å². The summed E-state index contributed by atoms with van der Waals surface area (Å²) in [7, 11) is 1.67. The Kier molecular flexibility index (Phi) is 4.77. The van der Waals surface area contributed by atoms with E-state index in [1.54, 1.807) is 19.2 Å². The molecule has 2 aromatic carbocycles. The minimum Gasteiger partial charge on any atom is -0.497 e. The molecular weight excluding hydrogens is 356 g/mol. The van der Waals surface area contributed by atoms with Gasteiger partial charge in [-0.3, -0.25) is 4.79 Å². The molecule has 0 unspecified atom stereocenters. The SMILES string of the molecule is COc1ccc2[nH]cc(C3CCN(C(=O)c4ccc(C(=O)O)cc4)CC3)c2c1. The second-order valence-electron chi connectivity index (χ2n) is 7.10. The maximum atomic E-state index is 12.7. The number of fused-ring (bicyclic) bond motifs is 1. The minimum absolute atomic E-state index is 0.0454. The number of carboxylic acids is 1. The molecule has 2 heterocycles. The zero-order chi connectivity index (χ0) is 19.7. The molecule has 3 aromatic rings. The van der Waals surface area contributed by atoms with Gasteiger partial charge < -0.3 is 19.7 Å². The van der Waals surface area contributed by atoms with Gasteiger partial charge in [0.1, 0.15) is 5.75 Å². The number of carbonyl (C=O) groups is 2. The van der Waals surface area contributed by atoms with E-state index in [2.05, 4.69) is 17.2 Å². The zero-order valence-electron chi connectivity index (χ0n) is 15.6. The first kappa shape index (κ1) is 18.1. The molecule has 6 nitrogen and oxygen atoms in total. The number of H-pyrrole nitrogens is 1. The van der Waals surface area contributed by atoms with E-state index < -0.39 is 5.97 Å². The smallest absolute Gasteiger partial charge is 0.335 e. The van der Waals surface area contributed by atoms with Gasteiger partial charge in [-0.05, 0) is 66.8 Å². The lowest BCUT2D eigenvalue weighted by molar-refractivity contribution is 0.0689. The van der Waals surface area contributed by atoms with E-state index >= 15 is 0 Å². The quantitative estimate of drug-likeness (QED) is 0.721. The third kappa shape index (κ3) is 3.33. The Hall–Kier alpha value is -3.28. The van der Waals surface area contributed by atoms with Crippen LogP contribution in [0.4, 0.5) is 0 Å². The van der Waals surface area contributed by atoms with Crippen LogP contribution in [0.2, 0.25) is 0 Å². The molecule has 1 aromatic heterocycles. The number of nitrogens with one attached hydrogen (secondary N) is 1. The number of amides is 1. The Morgan fingerprint density at radius 1 is 1.07 bits per heavy atom. The van der Waals surface area contributed by atoms with Gasteiger partial charge in [-0.1, -0.05) is 0 Å². The van der Waals surface area contributed by atoms with Gasteiger partial charge in [-0.25, -0.2) is 4.79 Å². The lowest BCUT2D eigenvalue weighted by Gasteiger charge is -2.32. The number of benzene rings is 2. The molecule has 1 aliphatic rings. The highest BCUT2D eigenvalue weighted by atomic mass is 16.5. The van der Waals surface area contributed by atoms with Crippen LogP contribution in [0.5, 0.6) is 5.75 Å². The van der Waals surface area contributed by atoms with Gasteiger partial charge in [-0.2, -0.15) is 0 Å². The molecule has 6 heteroatoms. The molecule has 4 rings (SSSR count). The number of nitrogens with zero attached hydrogens (tertiary/aromatic N) is 1. The van der Waals surface area contributed by atoms with E-state index in [0.29, 0.717) is 24.6 Å². The van der Waals surface area contributed by atoms with Crippen molar-refractivity contribution in [1.82, 2.24) is 9.88 Å². The van der Waals surface area contributed by atoms with Crippen LogP contribution in [0.1, 0.15) is 45.0 Å².